The summed E-state index contributed by atoms with van der Waals surface area (Å²) in [5, 5.41) is 2.27. The maximum atomic E-state index is 5.54. The smallest absolute Gasteiger partial charge is 0.135 e. The van der Waals surface area contributed by atoms with E-state index >= 15 is 0 Å². The molecule has 3 rings (SSSR count). The fourth-order valence-electron chi connectivity index (χ4n) is 1.88. The Morgan fingerprint density at radius 3 is 1.64 bits per heavy atom. The SMILES string of the molecule is Cc1cc2c(ccc3oc(C)cc32)o1. The van der Waals surface area contributed by atoms with Crippen LogP contribution in [0.2, 0.25) is 0 Å². The van der Waals surface area contributed by atoms with Gasteiger partial charge in [-0.3, -0.25) is 0 Å². The molecule has 0 aliphatic heterocycles. The van der Waals surface area contributed by atoms with Gasteiger partial charge in [-0.2, -0.15) is 0 Å². The molecule has 2 nitrogen and oxygen atoms in total. The van der Waals surface area contributed by atoms with E-state index in [1.807, 2.05) is 38.1 Å². The van der Waals surface area contributed by atoms with E-state index in [0.29, 0.717) is 0 Å². The molecule has 70 valence electrons. The van der Waals surface area contributed by atoms with Crippen LogP contribution in [-0.4, -0.2) is 0 Å². The van der Waals surface area contributed by atoms with Gasteiger partial charge < -0.3 is 8.83 Å². The van der Waals surface area contributed by atoms with Crippen LogP contribution < -0.4 is 0 Å². The number of fused-ring (bicyclic) bond motifs is 3. The number of aryl methyl sites for hydroxylation is 2. The minimum Gasteiger partial charge on any atom is -0.461 e. The molecule has 2 heteroatoms. The molecule has 0 atom stereocenters. The van der Waals surface area contributed by atoms with Gasteiger partial charge in [0.05, 0.1) is 0 Å². The molecule has 2 aromatic heterocycles. The summed E-state index contributed by atoms with van der Waals surface area (Å²) in [6.07, 6.45) is 0. The molecule has 0 aliphatic carbocycles. The lowest BCUT2D eigenvalue weighted by atomic mass is 10.1. The van der Waals surface area contributed by atoms with Crippen LogP contribution >= 0.6 is 0 Å². The fourth-order valence-corrected chi connectivity index (χ4v) is 1.88. The third-order valence-corrected chi connectivity index (χ3v) is 2.44. The Morgan fingerprint density at radius 2 is 1.21 bits per heavy atom. The summed E-state index contributed by atoms with van der Waals surface area (Å²) in [5.74, 6) is 1.87. The second kappa shape index (κ2) is 2.41. The van der Waals surface area contributed by atoms with E-state index in [1.54, 1.807) is 0 Å². The Kier molecular flexibility index (Phi) is 1.32. The lowest BCUT2D eigenvalue weighted by molar-refractivity contribution is 0.574. The topological polar surface area (TPSA) is 26.3 Å². The summed E-state index contributed by atoms with van der Waals surface area (Å²) in [4.78, 5) is 0. The first-order valence-corrected chi connectivity index (χ1v) is 4.63. The molecular formula is C12H10O2. The van der Waals surface area contributed by atoms with Gasteiger partial charge in [-0.25, -0.2) is 0 Å². The summed E-state index contributed by atoms with van der Waals surface area (Å²) in [6, 6.07) is 8.00. The lowest BCUT2D eigenvalue weighted by Gasteiger charge is -1.88. The van der Waals surface area contributed by atoms with Crippen molar-refractivity contribution < 1.29 is 8.83 Å². The largest absolute Gasteiger partial charge is 0.461 e. The molecular weight excluding hydrogens is 176 g/mol. The van der Waals surface area contributed by atoms with Crippen molar-refractivity contribution in [1.82, 2.24) is 0 Å². The van der Waals surface area contributed by atoms with Gasteiger partial charge in [-0.05, 0) is 38.1 Å². The average molecular weight is 186 g/mol. The van der Waals surface area contributed by atoms with Crippen molar-refractivity contribution in [3.8, 4) is 0 Å². The van der Waals surface area contributed by atoms with Crippen molar-refractivity contribution in [1.29, 1.82) is 0 Å². The minimum absolute atomic E-state index is 0.927. The molecule has 2 heterocycles. The van der Waals surface area contributed by atoms with E-state index in [4.69, 9.17) is 8.83 Å². The molecule has 0 unspecified atom stereocenters. The van der Waals surface area contributed by atoms with Gasteiger partial charge in [0.25, 0.3) is 0 Å². The molecule has 14 heavy (non-hydrogen) atoms. The van der Waals surface area contributed by atoms with Crippen molar-refractivity contribution in [2.75, 3.05) is 0 Å². The number of hydrogen-bond donors (Lipinski definition) is 0. The second-order valence-electron chi connectivity index (χ2n) is 3.60. The third kappa shape index (κ3) is 0.909. The zero-order chi connectivity index (χ0) is 9.71. The van der Waals surface area contributed by atoms with Crippen LogP contribution in [0.3, 0.4) is 0 Å². The fraction of sp³-hybridized carbons (Fsp3) is 0.167. The van der Waals surface area contributed by atoms with Crippen molar-refractivity contribution in [2.24, 2.45) is 0 Å². The monoisotopic (exact) mass is 186 g/mol. The maximum Gasteiger partial charge on any atom is 0.135 e. The molecule has 0 fully saturated rings. The normalized spacial score (nSPS) is 11.6. The predicted molar refractivity (Wildman–Crippen MR) is 55.5 cm³/mol. The van der Waals surface area contributed by atoms with Crippen molar-refractivity contribution >= 4 is 21.9 Å². The molecule has 0 amide bonds. The molecule has 3 aromatic rings. The Balaban J connectivity index is 2.58. The lowest BCUT2D eigenvalue weighted by Crippen LogP contribution is -1.64. The van der Waals surface area contributed by atoms with Crippen LogP contribution in [0.15, 0.2) is 33.1 Å². The summed E-state index contributed by atoms with van der Waals surface area (Å²) in [6.45, 7) is 3.91. The average Bonchev–Trinajstić information content (AvgIpc) is 2.65. The van der Waals surface area contributed by atoms with Gasteiger partial charge in [-0.15, -0.1) is 0 Å². The van der Waals surface area contributed by atoms with Crippen LogP contribution in [0, 0.1) is 13.8 Å². The van der Waals surface area contributed by atoms with Crippen LogP contribution in [0.1, 0.15) is 11.5 Å². The Labute approximate surface area is 81.1 Å². The highest BCUT2D eigenvalue weighted by molar-refractivity contribution is 6.04. The third-order valence-electron chi connectivity index (χ3n) is 2.44. The molecule has 0 aliphatic rings. The van der Waals surface area contributed by atoms with Crippen molar-refractivity contribution in [3.63, 3.8) is 0 Å². The molecule has 1 aromatic carbocycles. The summed E-state index contributed by atoms with van der Waals surface area (Å²) in [5.41, 5.74) is 1.85. The van der Waals surface area contributed by atoms with E-state index in [1.165, 1.54) is 0 Å². The van der Waals surface area contributed by atoms with Gasteiger partial charge in [0, 0.05) is 10.8 Å². The van der Waals surface area contributed by atoms with Crippen LogP contribution in [-0.2, 0) is 0 Å². The van der Waals surface area contributed by atoms with Crippen LogP contribution in [0.25, 0.3) is 21.9 Å². The molecule has 0 spiro atoms. The van der Waals surface area contributed by atoms with Gasteiger partial charge in [0.2, 0.25) is 0 Å². The number of hydrogen-bond acceptors (Lipinski definition) is 2. The van der Waals surface area contributed by atoms with Gasteiger partial charge in [0.1, 0.15) is 22.7 Å². The standard InChI is InChI=1S/C12H10O2/c1-7-5-9-10-6-8(2)14-12(10)4-3-11(9)13-7/h3-6H,1-2H3. The Bertz CT molecular complexity index is 558. The first-order chi connectivity index (χ1) is 6.74. The van der Waals surface area contributed by atoms with Crippen molar-refractivity contribution in [3.05, 3.63) is 35.8 Å². The van der Waals surface area contributed by atoms with Gasteiger partial charge in [-0.1, -0.05) is 0 Å². The Morgan fingerprint density at radius 1 is 0.786 bits per heavy atom. The zero-order valence-corrected chi connectivity index (χ0v) is 8.13. The molecule has 0 bridgehead atoms. The maximum absolute atomic E-state index is 5.54. The molecule has 0 saturated carbocycles. The molecule has 0 N–H and O–H groups in total. The van der Waals surface area contributed by atoms with Gasteiger partial charge >= 0.3 is 0 Å². The molecule has 0 radical (unpaired) electrons. The van der Waals surface area contributed by atoms with E-state index in [0.717, 1.165) is 33.5 Å². The van der Waals surface area contributed by atoms with Crippen LogP contribution in [0.4, 0.5) is 0 Å². The highest BCUT2D eigenvalue weighted by Gasteiger charge is 2.07. The van der Waals surface area contributed by atoms with E-state index < -0.39 is 0 Å². The summed E-state index contributed by atoms with van der Waals surface area (Å²) >= 11 is 0. The zero-order valence-electron chi connectivity index (χ0n) is 8.13. The summed E-state index contributed by atoms with van der Waals surface area (Å²) in [7, 11) is 0. The number of benzene rings is 1. The van der Waals surface area contributed by atoms with Crippen LogP contribution in [0.5, 0.6) is 0 Å². The first kappa shape index (κ1) is 7.68. The first-order valence-electron chi connectivity index (χ1n) is 4.63. The minimum atomic E-state index is 0.927. The highest BCUT2D eigenvalue weighted by Crippen LogP contribution is 2.29. The second-order valence-corrected chi connectivity index (χ2v) is 3.60. The number of furan rings is 2. The van der Waals surface area contributed by atoms with E-state index in [2.05, 4.69) is 0 Å². The van der Waals surface area contributed by atoms with Crippen molar-refractivity contribution in [2.45, 2.75) is 13.8 Å². The Hall–Kier alpha value is -1.70. The van der Waals surface area contributed by atoms with Gasteiger partial charge in [0.15, 0.2) is 0 Å². The summed E-state index contributed by atoms with van der Waals surface area (Å²) < 4.78 is 11.1. The van der Waals surface area contributed by atoms with E-state index in [-0.39, 0.29) is 0 Å². The highest BCUT2D eigenvalue weighted by atomic mass is 16.3. The van der Waals surface area contributed by atoms with E-state index in [9.17, 15) is 0 Å². The predicted octanol–water partition coefficient (Wildman–Crippen LogP) is 3.80. The molecule has 0 saturated heterocycles. The number of rotatable bonds is 0. The quantitative estimate of drug-likeness (QED) is 0.533.